The van der Waals surface area contributed by atoms with Crippen molar-refractivity contribution in [3.8, 4) is 11.4 Å². The number of furan rings is 1. The highest BCUT2D eigenvalue weighted by atomic mass is 79.9. The topological polar surface area (TPSA) is 44.4 Å². The van der Waals surface area contributed by atoms with Crippen LogP contribution in [-0.4, -0.2) is 10.4 Å². The molecule has 0 N–H and O–H groups in total. The largest absolute Gasteiger partial charge is 0.486 e. The molecule has 2 aromatic heterocycles. The molecule has 0 aliphatic rings. The van der Waals surface area contributed by atoms with Crippen LogP contribution in [0.15, 0.2) is 112 Å². The molecule has 0 aliphatic carbocycles. The second-order valence-corrected chi connectivity index (χ2v) is 8.50. The van der Waals surface area contributed by atoms with Crippen molar-refractivity contribution in [2.45, 2.75) is 6.61 Å². The number of rotatable bonds is 7. The van der Waals surface area contributed by atoms with Gasteiger partial charge in [-0.05, 0) is 95.7 Å². The highest BCUT2D eigenvalue weighted by Gasteiger charge is 2.05. The van der Waals surface area contributed by atoms with Crippen molar-refractivity contribution in [3.63, 3.8) is 0 Å². The number of ketones is 1. The van der Waals surface area contributed by atoms with Gasteiger partial charge in [0, 0.05) is 28.1 Å². The van der Waals surface area contributed by atoms with E-state index in [2.05, 4.69) is 22.0 Å². The number of hydrogen-bond donors (Lipinski definition) is 0. The minimum absolute atomic E-state index is 0.0777. The molecule has 0 amide bonds. The summed E-state index contributed by atoms with van der Waals surface area (Å²) in [4.78, 5) is 12.5. The summed E-state index contributed by atoms with van der Waals surface area (Å²) in [5.41, 5.74) is 1.64. The van der Waals surface area contributed by atoms with E-state index in [1.165, 1.54) is 6.08 Å². The summed E-state index contributed by atoms with van der Waals surface area (Å²) in [5.74, 6) is 1.99. The maximum absolute atomic E-state index is 12.5. The Morgan fingerprint density at radius 2 is 1.67 bits per heavy atom. The molecule has 162 valence electrons. The van der Waals surface area contributed by atoms with Gasteiger partial charge in [0.2, 0.25) is 0 Å². The van der Waals surface area contributed by atoms with Gasteiger partial charge in [-0.25, -0.2) is 0 Å². The maximum Gasteiger partial charge on any atom is 0.185 e. The third-order valence-corrected chi connectivity index (χ3v) is 5.78. The number of allylic oxidation sites excluding steroid dienone is 1. The zero-order valence-corrected chi connectivity index (χ0v) is 19.2. The van der Waals surface area contributed by atoms with Gasteiger partial charge in [-0.2, -0.15) is 0 Å². The Labute approximate surface area is 199 Å². The molecule has 0 unspecified atom stereocenters. The van der Waals surface area contributed by atoms with Crippen LogP contribution >= 0.6 is 15.9 Å². The predicted octanol–water partition coefficient (Wildman–Crippen LogP) is 7.46. The van der Waals surface area contributed by atoms with E-state index in [1.54, 1.807) is 6.08 Å². The average molecular weight is 498 g/mol. The molecule has 0 saturated heterocycles. The molecule has 0 spiro atoms. The molecular weight excluding hydrogens is 478 g/mol. The number of nitrogens with zero attached hydrogens (tertiary/aromatic N) is 1. The van der Waals surface area contributed by atoms with Gasteiger partial charge in [-0.15, -0.1) is 0 Å². The molecular formula is C28H20BrNO3. The summed E-state index contributed by atoms with van der Waals surface area (Å²) in [5, 5.41) is 2.25. The summed E-state index contributed by atoms with van der Waals surface area (Å²) >= 11 is 3.49. The molecule has 3 aromatic carbocycles. The summed E-state index contributed by atoms with van der Waals surface area (Å²) in [6, 6.07) is 27.2. The third-order valence-electron chi connectivity index (χ3n) is 5.29. The van der Waals surface area contributed by atoms with E-state index in [9.17, 15) is 4.79 Å². The van der Waals surface area contributed by atoms with Crippen molar-refractivity contribution in [1.82, 2.24) is 4.57 Å². The maximum atomic E-state index is 12.5. The van der Waals surface area contributed by atoms with Gasteiger partial charge in [0.25, 0.3) is 0 Å². The van der Waals surface area contributed by atoms with Gasteiger partial charge in [0.05, 0.1) is 0 Å². The van der Waals surface area contributed by atoms with Crippen LogP contribution < -0.4 is 4.74 Å². The lowest BCUT2D eigenvalue weighted by atomic mass is 10.1. The Kier molecular flexibility index (Phi) is 5.96. The molecule has 4 nitrogen and oxygen atoms in total. The number of benzene rings is 3. The van der Waals surface area contributed by atoms with Crippen LogP contribution in [0, 0.1) is 0 Å². The zero-order valence-electron chi connectivity index (χ0n) is 17.6. The Balaban J connectivity index is 1.20. The fourth-order valence-electron chi connectivity index (χ4n) is 3.56. The van der Waals surface area contributed by atoms with E-state index in [4.69, 9.17) is 9.15 Å². The molecule has 0 aliphatic heterocycles. The van der Waals surface area contributed by atoms with Crippen LogP contribution in [0.5, 0.6) is 5.75 Å². The highest BCUT2D eigenvalue weighted by Crippen LogP contribution is 2.25. The van der Waals surface area contributed by atoms with E-state index in [0.29, 0.717) is 23.7 Å². The molecule has 0 radical (unpaired) electrons. The van der Waals surface area contributed by atoms with Gasteiger partial charge >= 0.3 is 0 Å². The minimum atomic E-state index is -0.0777. The molecule has 2 heterocycles. The standard InChI is InChI=1S/C28H20BrNO3/c29-23-7-3-22-18-26(10-6-21(22)17-23)32-19-27-12-11-25(33-27)13-14-28(31)20-4-8-24(9-5-20)30-15-1-2-16-30/h1-18H,19H2/b14-13+. The lowest BCUT2D eigenvalue weighted by Gasteiger charge is -2.06. The summed E-state index contributed by atoms with van der Waals surface area (Å²) in [6.07, 6.45) is 7.14. The van der Waals surface area contributed by atoms with Crippen molar-refractivity contribution in [3.05, 3.63) is 125 Å². The van der Waals surface area contributed by atoms with Crippen molar-refractivity contribution in [1.29, 1.82) is 0 Å². The van der Waals surface area contributed by atoms with E-state index >= 15 is 0 Å². The fourth-order valence-corrected chi connectivity index (χ4v) is 3.94. The molecule has 0 fully saturated rings. The van der Waals surface area contributed by atoms with E-state index in [-0.39, 0.29) is 5.78 Å². The van der Waals surface area contributed by atoms with E-state index in [0.717, 1.165) is 26.7 Å². The van der Waals surface area contributed by atoms with Crippen LogP contribution in [-0.2, 0) is 6.61 Å². The number of fused-ring (bicyclic) bond motifs is 1. The number of hydrogen-bond acceptors (Lipinski definition) is 3. The number of aromatic nitrogens is 1. The molecule has 0 bridgehead atoms. The average Bonchev–Trinajstić information content (AvgIpc) is 3.54. The molecule has 5 heteroatoms. The van der Waals surface area contributed by atoms with Crippen molar-refractivity contribution in [2.24, 2.45) is 0 Å². The van der Waals surface area contributed by atoms with Gasteiger partial charge < -0.3 is 13.7 Å². The van der Waals surface area contributed by atoms with Gasteiger partial charge in [0.15, 0.2) is 5.78 Å². The predicted molar refractivity (Wildman–Crippen MR) is 134 cm³/mol. The van der Waals surface area contributed by atoms with Crippen LogP contribution in [0.1, 0.15) is 21.9 Å². The first kappa shape index (κ1) is 21.0. The summed E-state index contributed by atoms with van der Waals surface area (Å²) < 4.78 is 14.7. The SMILES string of the molecule is O=C(/C=C/c1ccc(COc2ccc3cc(Br)ccc3c2)o1)c1ccc(-n2cccc2)cc1. The second kappa shape index (κ2) is 9.35. The summed E-state index contributed by atoms with van der Waals surface area (Å²) in [7, 11) is 0. The van der Waals surface area contributed by atoms with E-state index < -0.39 is 0 Å². The lowest BCUT2D eigenvalue weighted by molar-refractivity contribution is 0.104. The Hall–Kier alpha value is -3.83. The monoisotopic (exact) mass is 497 g/mol. The van der Waals surface area contributed by atoms with Crippen molar-refractivity contribution < 1.29 is 13.9 Å². The number of halogens is 1. The first-order valence-electron chi connectivity index (χ1n) is 10.5. The number of carbonyl (C=O) groups excluding carboxylic acids is 1. The van der Waals surface area contributed by atoms with Gasteiger partial charge in [-0.1, -0.05) is 28.1 Å². The minimum Gasteiger partial charge on any atom is -0.486 e. The molecule has 5 rings (SSSR count). The van der Waals surface area contributed by atoms with Gasteiger partial charge in [-0.3, -0.25) is 4.79 Å². The Bertz CT molecular complexity index is 1430. The number of ether oxygens (including phenoxy) is 1. The van der Waals surface area contributed by atoms with Gasteiger partial charge in [0.1, 0.15) is 23.9 Å². The third kappa shape index (κ3) is 4.99. The molecule has 0 saturated carbocycles. The van der Waals surface area contributed by atoms with Crippen molar-refractivity contribution >= 4 is 38.6 Å². The fraction of sp³-hybridized carbons (Fsp3) is 0.0357. The van der Waals surface area contributed by atoms with E-state index in [1.807, 2.05) is 95.8 Å². The number of carbonyl (C=O) groups is 1. The van der Waals surface area contributed by atoms with Crippen LogP contribution in [0.25, 0.3) is 22.5 Å². The lowest BCUT2D eigenvalue weighted by Crippen LogP contribution is -1.96. The first-order chi connectivity index (χ1) is 16.1. The Morgan fingerprint density at radius 1 is 0.909 bits per heavy atom. The van der Waals surface area contributed by atoms with Crippen molar-refractivity contribution in [2.75, 3.05) is 0 Å². The normalized spacial score (nSPS) is 11.3. The van der Waals surface area contributed by atoms with Crippen LogP contribution in [0.4, 0.5) is 0 Å². The van der Waals surface area contributed by atoms with Crippen LogP contribution in [0.2, 0.25) is 0 Å². The second-order valence-electron chi connectivity index (χ2n) is 7.58. The summed E-state index contributed by atoms with van der Waals surface area (Å²) in [6.45, 7) is 0.310. The molecule has 33 heavy (non-hydrogen) atoms. The molecule has 5 aromatic rings. The smallest absolute Gasteiger partial charge is 0.185 e. The zero-order chi connectivity index (χ0) is 22.6. The first-order valence-corrected chi connectivity index (χ1v) is 11.3. The quantitative estimate of drug-likeness (QED) is 0.173. The highest BCUT2D eigenvalue weighted by molar-refractivity contribution is 9.10. The van der Waals surface area contributed by atoms with Crippen LogP contribution in [0.3, 0.4) is 0 Å². The molecule has 0 atom stereocenters. The Morgan fingerprint density at radius 3 is 2.48 bits per heavy atom.